The van der Waals surface area contributed by atoms with Crippen LogP contribution in [0.4, 0.5) is 13.2 Å². The zero-order valence-electron chi connectivity index (χ0n) is 13.6. The van der Waals surface area contributed by atoms with Gasteiger partial charge in [-0.3, -0.25) is 0 Å². The molecule has 25 heavy (non-hydrogen) atoms. The second-order valence-corrected chi connectivity index (χ2v) is 5.99. The Bertz CT molecular complexity index is 706. The number of allylic oxidation sites excluding steroid dienone is 1. The molecule has 0 heterocycles. The van der Waals surface area contributed by atoms with Crippen LogP contribution >= 0.6 is 0 Å². The minimum atomic E-state index is -4.66. The molecule has 0 fully saturated rings. The van der Waals surface area contributed by atoms with Gasteiger partial charge >= 0.3 is 6.36 Å². The Morgan fingerprint density at radius 3 is 2.28 bits per heavy atom. The zero-order valence-corrected chi connectivity index (χ0v) is 13.6. The van der Waals surface area contributed by atoms with Crippen molar-refractivity contribution in [2.75, 3.05) is 0 Å². The number of halogens is 3. The van der Waals surface area contributed by atoms with E-state index in [2.05, 4.69) is 10.8 Å². The Labute approximate surface area is 144 Å². The molecule has 1 aliphatic rings. The Balaban J connectivity index is 1.54. The lowest BCUT2D eigenvalue weighted by atomic mass is 9.92. The Kier molecular flexibility index (Phi) is 5.43. The van der Waals surface area contributed by atoms with Crippen LogP contribution in [0.5, 0.6) is 5.75 Å². The van der Waals surface area contributed by atoms with Gasteiger partial charge in [0.2, 0.25) is 0 Å². The van der Waals surface area contributed by atoms with E-state index in [9.17, 15) is 13.2 Å². The maximum Gasteiger partial charge on any atom is 0.573 e. The van der Waals surface area contributed by atoms with Crippen LogP contribution in [0.3, 0.4) is 0 Å². The summed E-state index contributed by atoms with van der Waals surface area (Å²) < 4.78 is 46.4. The standard InChI is InChI=1S/C20H19F3O2/c21-20(22,23)25-19-12-8-17(9-13-19)16-6-10-18(11-7-16)24-14-15-4-2-1-3-5-15/h1-6,8-9,12-13,18H,7,10-11,14H2. The van der Waals surface area contributed by atoms with Crippen LogP contribution in [0, 0.1) is 0 Å². The van der Waals surface area contributed by atoms with E-state index in [1.165, 1.54) is 12.1 Å². The van der Waals surface area contributed by atoms with Gasteiger partial charge < -0.3 is 9.47 Å². The van der Waals surface area contributed by atoms with E-state index in [4.69, 9.17) is 4.74 Å². The number of ether oxygens (including phenoxy) is 2. The van der Waals surface area contributed by atoms with Crippen molar-refractivity contribution in [3.63, 3.8) is 0 Å². The molecule has 3 rings (SSSR count). The average Bonchev–Trinajstić information content (AvgIpc) is 2.61. The highest BCUT2D eigenvalue weighted by molar-refractivity contribution is 5.66. The minimum absolute atomic E-state index is 0.178. The third-order valence-electron chi connectivity index (χ3n) is 4.15. The zero-order chi connectivity index (χ0) is 17.7. The van der Waals surface area contributed by atoms with Crippen molar-refractivity contribution in [1.82, 2.24) is 0 Å². The highest BCUT2D eigenvalue weighted by Crippen LogP contribution is 2.30. The van der Waals surface area contributed by atoms with Gasteiger partial charge in [0.05, 0.1) is 12.7 Å². The van der Waals surface area contributed by atoms with Gasteiger partial charge in [-0.2, -0.15) is 0 Å². The van der Waals surface area contributed by atoms with E-state index in [1.54, 1.807) is 12.1 Å². The third-order valence-corrected chi connectivity index (χ3v) is 4.15. The Morgan fingerprint density at radius 2 is 1.68 bits per heavy atom. The van der Waals surface area contributed by atoms with Crippen molar-refractivity contribution in [2.24, 2.45) is 0 Å². The quantitative estimate of drug-likeness (QED) is 0.686. The number of benzene rings is 2. The molecule has 0 radical (unpaired) electrons. The summed E-state index contributed by atoms with van der Waals surface area (Å²) in [7, 11) is 0. The second-order valence-electron chi connectivity index (χ2n) is 5.99. The first kappa shape index (κ1) is 17.5. The van der Waals surface area contributed by atoms with E-state index < -0.39 is 6.36 Å². The molecule has 0 spiro atoms. The molecule has 0 aromatic heterocycles. The van der Waals surface area contributed by atoms with Crippen molar-refractivity contribution < 1.29 is 22.6 Å². The number of rotatable bonds is 5. The third kappa shape index (κ3) is 5.36. The number of alkyl halides is 3. The summed E-state index contributed by atoms with van der Waals surface area (Å²) in [6, 6.07) is 16.1. The molecule has 0 N–H and O–H groups in total. The molecule has 0 amide bonds. The van der Waals surface area contributed by atoms with Crippen LogP contribution in [0.15, 0.2) is 60.7 Å². The van der Waals surface area contributed by atoms with Gasteiger partial charge in [0, 0.05) is 0 Å². The largest absolute Gasteiger partial charge is 0.573 e. The molecule has 0 saturated carbocycles. The molecule has 1 unspecified atom stereocenters. The predicted molar refractivity (Wildman–Crippen MR) is 90.0 cm³/mol. The molecular formula is C20H19F3O2. The summed E-state index contributed by atoms with van der Waals surface area (Å²) in [5.74, 6) is -0.197. The highest BCUT2D eigenvalue weighted by atomic mass is 19.4. The van der Waals surface area contributed by atoms with Crippen LogP contribution in [-0.4, -0.2) is 12.5 Å². The van der Waals surface area contributed by atoms with E-state index in [0.29, 0.717) is 6.61 Å². The second kappa shape index (κ2) is 7.74. The molecule has 132 valence electrons. The minimum Gasteiger partial charge on any atom is -0.406 e. The topological polar surface area (TPSA) is 18.5 Å². The van der Waals surface area contributed by atoms with E-state index in [1.807, 2.05) is 30.3 Å². The monoisotopic (exact) mass is 348 g/mol. The average molecular weight is 348 g/mol. The molecule has 2 nitrogen and oxygen atoms in total. The van der Waals surface area contributed by atoms with Gasteiger partial charge in [-0.25, -0.2) is 0 Å². The van der Waals surface area contributed by atoms with E-state index >= 15 is 0 Å². The van der Waals surface area contributed by atoms with Crippen molar-refractivity contribution in [3.05, 3.63) is 71.8 Å². The highest BCUT2D eigenvalue weighted by Gasteiger charge is 2.31. The fourth-order valence-electron chi connectivity index (χ4n) is 2.88. The maximum atomic E-state index is 12.2. The Hall–Kier alpha value is -2.27. The smallest absolute Gasteiger partial charge is 0.406 e. The summed E-state index contributed by atoms with van der Waals surface area (Å²) in [6.45, 7) is 0.595. The van der Waals surface area contributed by atoms with Crippen molar-refractivity contribution in [1.29, 1.82) is 0 Å². The van der Waals surface area contributed by atoms with Gasteiger partial charge in [0.1, 0.15) is 5.75 Å². The molecular weight excluding hydrogens is 329 g/mol. The first-order valence-corrected chi connectivity index (χ1v) is 8.20. The molecule has 2 aromatic rings. The first-order chi connectivity index (χ1) is 12.0. The van der Waals surface area contributed by atoms with Gasteiger partial charge in [0.25, 0.3) is 0 Å². The summed E-state index contributed by atoms with van der Waals surface area (Å²) in [5, 5.41) is 0. The fraction of sp³-hybridized carbons (Fsp3) is 0.300. The number of hydrogen-bond acceptors (Lipinski definition) is 2. The van der Waals surface area contributed by atoms with Gasteiger partial charge in [-0.05, 0) is 48.1 Å². The summed E-state index contributed by atoms with van der Waals surface area (Å²) in [6.07, 6.45) is 0.187. The lowest BCUT2D eigenvalue weighted by Gasteiger charge is -2.23. The summed E-state index contributed by atoms with van der Waals surface area (Å²) in [5.41, 5.74) is 3.21. The molecule has 0 bridgehead atoms. The normalized spacial score (nSPS) is 17.9. The van der Waals surface area contributed by atoms with Crippen molar-refractivity contribution >= 4 is 5.57 Å². The van der Waals surface area contributed by atoms with Crippen LogP contribution in [0.1, 0.15) is 30.4 Å². The fourth-order valence-corrected chi connectivity index (χ4v) is 2.88. The molecule has 1 atom stereocenters. The first-order valence-electron chi connectivity index (χ1n) is 8.20. The molecule has 2 aromatic carbocycles. The van der Waals surface area contributed by atoms with E-state index in [-0.39, 0.29) is 11.9 Å². The summed E-state index contributed by atoms with van der Waals surface area (Å²) >= 11 is 0. The SMILES string of the molecule is FC(F)(F)Oc1ccc(C2=CCC(OCc3ccccc3)CC2)cc1. The van der Waals surface area contributed by atoms with Crippen molar-refractivity contribution in [2.45, 2.75) is 38.3 Å². The van der Waals surface area contributed by atoms with Crippen LogP contribution in [-0.2, 0) is 11.3 Å². The Morgan fingerprint density at radius 1 is 0.960 bits per heavy atom. The van der Waals surface area contributed by atoms with Gasteiger partial charge in [-0.1, -0.05) is 48.5 Å². The molecule has 5 heteroatoms. The van der Waals surface area contributed by atoms with Crippen molar-refractivity contribution in [3.8, 4) is 5.75 Å². The van der Waals surface area contributed by atoms with E-state index in [0.717, 1.165) is 36.0 Å². The number of hydrogen-bond donors (Lipinski definition) is 0. The lowest BCUT2D eigenvalue weighted by molar-refractivity contribution is -0.274. The maximum absolute atomic E-state index is 12.2. The molecule has 1 aliphatic carbocycles. The van der Waals surface area contributed by atoms with Crippen LogP contribution in [0.25, 0.3) is 5.57 Å². The summed E-state index contributed by atoms with van der Waals surface area (Å²) in [4.78, 5) is 0. The molecule has 0 saturated heterocycles. The van der Waals surface area contributed by atoms with Crippen LogP contribution in [0.2, 0.25) is 0 Å². The lowest BCUT2D eigenvalue weighted by Crippen LogP contribution is -2.17. The van der Waals surface area contributed by atoms with Gasteiger partial charge in [0.15, 0.2) is 0 Å². The van der Waals surface area contributed by atoms with Gasteiger partial charge in [-0.15, -0.1) is 13.2 Å². The van der Waals surface area contributed by atoms with Crippen LogP contribution < -0.4 is 4.74 Å². The predicted octanol–water partition coefficient (Wildman–Crippen LogP) is 5.74. The molecule has 0 aliphatic heterocycles.